The highest BCUT2D eigenvalue weighted by Crippen LogP contribution is 2.37. The molecule has 1 aliphatic heterocycles. The van der Waals surface area contributed by atoms with Crippen LogP contribution in [0.1, 0.15) is 19.4 Å². The van der Waals surface area contributed by atoms with Gasteiger partial charge in [-0.25, -0.2) is 8.42 Å². The quantitative estimate of drug-likeness (QED) is 0.397. The van der Waals surface area contributed by atoms with Gasteiger partial charge in [0.05, 0.1) is 27.1 Å². The van der Waals surface area contributed by atoms with Gasteiger partial charge >= 0.3 is 0 Å². The molecule has 10 heteroatoms. The molecule has 1 heterocycles. The Morgan fingerprint density at radius 3 is 2.32 bits per heavy atom. The summed E-state index contributed by atoms with van der Waals surface area (Å²) in [5.74, 6) is 0.725. The highest BCUT2D eigenvalue weighted by atomic mass is 32.2. The molecular formula is C18H19N3O6S. The Bertz CT molecular complexity index is 1010. The van der Waals surface area contributed by atoms with Gasteiger partial charge in [-0.1, -0.05) is 13.8 Å². The lowest BCUT2D eigenvalue weighted by Gasteiger charge is -2.18. The van der Waals surface area contributed by atoms with Crippen LogP contribution in [-0.2, 0) is 10.0 Å². The van der Waals surface area contributed by atoms with E-state index in [1.165, 1.54) is 34.8 Å². The van der Waals surface area contributed by atoms with E-state index < -0.39 is 14.9 Å². The van der Waals surface area contributed by atoms with E-state index in [9.17, 15) is 18.5 Å². The summed E-state index contributed by atoms with van der Waals surface area (Å²) in [4.78, 5) is 15.1. The molecule has 148 valence electrons. The van der Waals surface area contributed by atoms with Crippen LogP contribution in [0.25, 0.3) is 0 Å². The van der Waals surface area contributed by atoms with Crippen LogP contribution in [0, 0.1) is 10.1 Å². The molecule has 0 bridgehead atoms. The molecule has 2 aromatic rings. The minimum absolute atomic E-state index is 0.00948. The second-order valence-electron chi connectivity index (χ2n) is 5.86. The van der Waals surface area contributed by atoms with Crippen LogP contribution in [0.5, 0.6) is 11.5 Å². The van der Waals surface area contributed by atoms with Gasteiger partial charge in [0.2, 0.25) is 16.8 Å². The summed E-state index contributed by atoms with van der Waals surface area (Å²) in [7, 11) is -3.55. The standard InChI is InChI=1S/C18H19N3O6S/c1-3-20(4-2)28(24,25)15-7-5-14(6-8-15)19-11-13-9-17-18(27-12-26-17)10-16(13)21(22)23/h5-11H,3-4,12H2,1-2H3. The molecule has 0 saturated carbocycles. The zero-order chi connectivity index (χ0) is 20.3. The monoisotopic (exact) mass is 405 g/mol. The molecule has 0 amide bonds. The Kier molecular flexibility index (Phi) is 5.61. The molecule has 0 fully saturated rings. The number of nitro groups is 1. The highest BCUT2D eigenvalue weighted by molar-refractivity contribution is 7.89. The maximum Gasteiger partial charge on any atom is 0.282 e. The van der Waals surface area contributed by atoms with Gasteiger partial charge in [0.1, 0.15) is 0 Å². The molecule has 0 aliphatic carbocycles. The van der Waals surface area contributed by atoms with Gasteiger partial charge < -0.3 is 9.47 Å². The van der Waals surface area contributed by atoms with Crippen molar-refractivity contribution in [3.05, 3.63) is 52.1 Å². The van der Waals surface area contributed by atoms with Crippen molar-refractivity contribution < 1.29 is 22.8 Å². The fourth-order valence-electron chi connectivity index (χ4n) is 2.77. The third-order valence-electron chi connectivity index (χ3n) is 4.25. The third-order valence-corrected chi connectivity index (χ3v) is 6.32. The molecule has 0 N–H and O–H groups in total. The van der Waals surface area contributed by atoms with Crippen LogP contribution in [0.4, 0.5) is 11.4 Å². The summed E-state index contributed by atoms with van der Waals surface area (Å²) in [5.41, 5.74) is 0.563. The molecular weight excluding hydrogens is 386 g/mol. The van der Waals surface area contributed by atoms with Crippen LogP contribution in [0.2, 0.25) is 0 Å². The Hall–Kier alpha value is -2.98. The predicted molar refractivity (Wildman–Crippen MR) is 103 cm³/mol. The first-order chi connectivity index (χ1) is 13.4. The van der Waals surface area contributed by atoms with E-state index >= 15 is 0 Å². The Morgan fingerprint density at radius 2 is 1.75 bits per heavy atom. The van der Waals surface area contributed by atoms with Gasteiger partial charge in [-0.05, 0) is 30.3 Å². The lowest BCUT2D eigenvalue weighted by Crippen LogP contribution is -2.30. The fraction of sp³-hybridized carbons (Fsp3) is 0.278. The maximum atomic E-state index is 12.5. The molecule has 0 aromatic heterocycles. The van der Waals surface area contributed by atoms with Gasteiger partial charge in [-0.3, -0.25) is 15.1 Å². The zero-order valence-electron chi connectivity index (χ0n) is 15.4. The van der Waals surface area contributed by atoms with Crippen molar-refractivity contribution >= 4 is 27.6 Å². The Balaban J connectivity index is 1.87. The number of nitrogens with zero attached hydrogens (tertiary/aromatic N) is 3. The topological polar surface area (TPSA) is 111 Å². The van der Waals surface area contributed by atoms with Gasteiger partial charge in [-0.2, -0.15) is 4.31 Å². The van der Waals surface area contributed by atoms with Crippen LogP contribution < -0.4 is 9.47 Å². The van der Waals surface area contributed by atoms with E-state index in [2.05, 4.69) is 4.99 Å². The summed E-state index contributed by atoms with van der Waals surface area (Å²) in [6, 6.07) is 8.81. The van der Waals surface area contributed by atoms with Crippen molar-refractivity contribution in [1.29, 1.82) is 0 Å². The second-order valence-corrected chi connectivity index (χ2v) is 7.80. The van der Waals surface area contributed by atoms with Crippen LogP contribution in [0.15, 0.2) is 46.3 Å². The summed E-state index contributed by atoms with van der Waals surface area (Å²) in [5, 5.41) is 11.3. The van der Waals surface area contributed by atoms with Crippen LogP contribution in [0.3, 0.4) is 0 Å². The second kappa shape index (κ2) is 7.95. The molecule has 28 heavy (non-hydrogen) atoms. The SMILES string of the molecule is CCN(CC)S(=O)(=O)c1ccc(N=Cc2cc3c(cc2[N+](=O)[O-])OCO3)cc1. The molecule has 0 atom stereocenters. The number of rotatable bonds is 7. The average Bonchev–Trinajstić information content (AvgIpc) is 3.14. The fourth-order valence-corrected chi connectivity index (χ4v) is 4.23. The van der Waals surface area contributed by atoms with Crippen molar-refractivity contribution in [3.8, 4) is 11.5 Å². The summed E-state index contributed by atoms with van der Waals surface area (Å²) >= 11 is 0. The lowest BCUT2D eigenvalue weighted by atomic mass is 10.1. The molecule has 0 spiro atoms. The van der Waals surface area contributed by atoms with Gasteiger partial charge in [0.15, 0.2) is 11.5 Å². The molecule has 0 radical (unpaired) electrons. The van der Waals surface area contributed by atoms with Crippen molar-refractivity contribution in [2.24, 2.45) is 4.99 Å². The van der Waals surface area contributed by atoms with Gasteiger partial charge in [0.25, 0.3) is 5.69 Å². The normalized spacial score (nSPS) is 13.4. The molecule has 3 rings (SSSR count). The smallest absolute Gasteiger partial charge is 0.282 e. The first kappa shape index (κ1) is 19.8. The number of fused-ring (bicyclic) bond motifs is 1. The van der Waals surface area contributed by atoms with Crippen molar-refractivity contribution in [2.75, 3.05) is 19.9 Å². The largest absolute Gasteiger partial charge is 0.454 e. The van der Waals surface area contributed by atoms with E-state index in [4.69, 9.17) is 9.47 Å². The number of hydrogen-bond donors (Lipinski definition) is 0. The van der Waals surface area contributed by atoms with E-state index in [0.717, 1.165) is 0 Å². The summed E-state index contributed by atoms with van der Waals surface area (Å²) in [6.45, 7) is 4.32. The summed E-state index contributed by atoms with van der Waals surface area (Å²) < 4.78 is 36.8. The molecule has 2 aromatic carbocycles. The van der Waals surface area contributed by atoms with Crippen molar-refractivity contribution in [2.45, 2.75) is 18.7 Å². The molecule has 0 saturated heterocycles. The molecule has 9 nitrogen and oxygen atoms in total. The van der Waals surface area contributed by atoms with E-state index in [1.807, 2.05) is 0 Å². The van der Waals surface area contributed by atoms with E-state index in [-0.39, 0.29) is 22.9 Å². The summed E-state index contributed by atoms with van der Waals surface area (Å²) in [6.07, 6.45) is 1.34. The van der Waals surface area contributed by atoms with Crippen LogP contribution >= 0.6 is 0 Å². The highest BCUT2D eigenvalue weighted by Gasteiger charge is 2.23. The predicted octanol–water partition coefficient (Wildman–Crippen LogP) is 3.10. The van der Waals surface area contributed by atoms with E-state index in [1.54, 1.807) is 26.0 Å². The zero-order valence-corrected chi connectivity index (χ0v) is 16.2. The molecule has 0 unspecified atom stereocenters. The number of benzene rings is 2. The first-order valence-electron chi connectivity index (χ1n) is 8.59. The minimum atomic E-state index is -3.55. The minimum Gasteiger partial charge on any atom is -0.454 e. The van der Waals surface area contributed by atoms with Gasteiger partial charge in [-0.15, -0.1) is 0 Å². The third kappa shape index (κ3) is 3.82. The molecule has 1 aliphatic rings. The van der Waals surface area contributed by atoms with Crippen molar-refractivity contribution in [3.63, 3.8) is 0 Å². The number of nitro benzene ring substituents is 1. The Labute approximate surface area is 162 Å². The number of aliphatic imine (C=N–C) groups is 1. The first-order valence-corrected chi connectivity index (χ1v) is 10.0. The van der Waals surface area contributed by atoms with Crippen molar-refractivity contribution in [1.82, 2.24) is 4.31 Å². The van der Waals surface area contributed by atoms with Crippen LogP contribution in [-0.4, -0.2) is 43.7 Å². The van der Waals surface area contributed by atoms with E-state index in [0.29, 0.717) is 30.3 Å². The number of sulfonamides is 1. The number of ether oxygens (including phenoxy) is 2. The lowest BCUT2D eigenvalue weighted by molar-refractivity contribution is -0.385. The average molecular weight is 405 g/mol. The van der Waals surface area contributed by atoms with Gasteiger partial charge in [0, 0.05) is 19.3 Å². The Morgan fingerprint density at radius 1 is 1.14 bits per heavy atom. The maximum absolute atomic E-state index is 12.5. The number of hydrogen-bond acceptors (Lipinski definition) is 7.